The van der Waals surface area contributed by atoms with E-state index in [2.05, 4.69) is 13.2 Å². The molecule has 0 bridgehead atoms. The lowest BCUT2D eigenvalue weighted by molar-refractivity contribution is -0.155. The van der Waals surface area contributed by atoms with Crippen LogP contribution in [0.25, 0.3) is 0 Å². The zero-order valence-corrected chi connectivity index (χ0v) is 11.4. The SMILES string of the molecule is C=C.CC(C)(C)OC(=O)CCOc1ccccc1. The maximum absolute atomic E-state index is 11.3. The Morgan fingerprint density at radius 1 is 1.17 bits per heavy atom. The maximum atomic E-state index is 11.3. The number of carbonyl (C=O) groups excluding carboxylic acids is 1. The number of esters is 1. The minimum Gasteiger partial charge on any atom is -0.493 e. The van der Waals surface area contributed by atoms with Gasteiger partial charge in [0.25, 0.3) is 0 Å². The molecule has 0 spiro atoms. The van der Waals surface area contributed by atoms with Gasteiger partial charge in [0.05, 0.1) is 13.0 Å². The normalized spacial score (nSPS) is 9.94. The molecule has 0 amide bonds. The van der Waals surface area contributed by atoms with E-state index in [1.54, 1.807) is 0 Å². The second kappa shape index (κ2) is 8.34. The Morgan fingerprint density at radius 3 is 2.22 bits per heavy atom. The molecule has 0 aliphatic heterocycles. The quantitative estimate of drug-likeness (QED) is 0.605. The highest BCUT2D eigenvalue weighted by molar-refractivity contribution is 5.69. The summed E-state index contributed by atoms with van der Waals surface area (Å²) in [6, 6.07) is 9.41. The predicted molar refractivity (Wildman–Crippen MR) is 73.7 cm³/mol. The maximum Gasteiger partial charge on any atom is 0.309 e. The van der Waals surface area contributed by atoms with E-state index in [1.807, 2.05) is 51.1 Å². The standard InChI is InChI=1S/C13H18O3.C2H4/c1-13(2,3)16-12(14)9-10-15-11-7-5-4-6-8-11;1-2/h4-8H,9-10H2,1-3H3;1-2H2. The lowest BCUT2D eigenvalue weighted by atomic mass is 10.2. The molecule has 0 aliphatic carbocycles. The van der Waals surface area contributed by atoms with E-state index in [0.29, 0.717) is 6.61 Å². The summed E-state index contributed by atoms with van der Waals surface area (Å²) in [6.45, 7) is 11.9. The molecule has 1 rings (SSSR count). The van der Waals surface area contributed by atoms with Crippen LogP contribution in [-0.4, -0.2) is 18.2 Å². The highest BCUT2D eigenvalue weighted by atomic mass is 16.6. The van der Waals surface area contributed by atoms with Gasteiger partial charge in [0.1, 0.15) is 11.4 Å². The van der Waals surface area contributed by atoms with Gasteiger partial charge in [0.2, 0.25) is 0 Å². The Kier molecular flexibility index (Phi) is 7.52. The van der Waals surface area contributed by atoms with Crippen molar-refractivity contribution < 1.29 is 14.3 Å². The first-order valence-corrected chi connectivity index (χ1v) is 5.87. The fraction of sp³-hybridized carbons (Fsp3) is 0.400. The van der Waals surface area contributed by atoms with Gasteiger partial charge in [-0.2, -0.15) is 0 Å². The fourth-order valence-corrected chi connectivity index (χ4v) is 1.16. The monoisotopic (exact) mass is 250 g/mol. The third-order valence-electron chi connectivity index (χ3n) is 1.74. The minimum atomic E-state index is -0.427. The molecular formula is C15H22O3. The van der Waals surface area contributed by atoms with Gasteiger partial charge in [-0.3, -0.25) is 4.79 Å². The van der Waals surface area contributed by atoms with Crippen LogP contribution in [0.1, 0.15) is 27.2 Å². The number of hydrogen-bond acceptors (Lipinski definition) is 3. The van der Waals surface area contributed by atoms with E-state index < -0.39 is 5.60 Å². The third kappa shape index (κ3) is 8.39. The largest absolute Gasteiger partial charge is 0.493 e. The molecule has 0 aliphatic rings. The van der Waals surface area contributed by atoms with Crippen LogP contribution in [0.2, 0.25) is 0 Å². The number of ether oxygens (including phenoxy) is 2. The van der Waals surface area contributed by atoms with Crippen molar-refractivity contribution in [1.82, 2.24) is 0 Å². The van der Waals surface area contributed by atoms with Crippen LogP contribution in [0.5, 0.6) is 5.75 Å². The third-order valence-corrected chi connectivity index (χ3v) is 1.74. The summed E-state index contributed by atoms with van der Waals surface area (Å²) in [5, 5.41) is 0. The van der Waals surface area contributed by atoms with Crippen molar-refractivity contribution in [3.8, 4) is 5.75 Å². The summed E-state index contributed by atoms with van der Waals surface area (Å²) in [6.07, 6.45) is 0.270. The first-order chi connectivity index (χ1) is 8.47. The molecule has 1 aromatic rings. The molecule has 0 saturated heterocycles. The van der Waals surface area contributed by atoms with E-state index in [1.165, 1.54) is 0 Å². The second-order valence-corrected chi connectivity index (χ2v) is 4.50. The Morgan fingerprint density at radius 2 is 1.72 bits per heavy atom. The summed E-state index contributed by atoms with van der Waals surface area (Å²) in [7, 11) is 0. The Balaban J connectivity index is 0.00000137. The molecule has 0 aromatic heterocycles. The summed E-state index contributed by atoms with van der Waals surface area (Å²) in [5.74, 6) is 0.537. The van der Waals surface area contributed by atoms with Crippen LogP contribution in [0.3, 0.4) is 0 Å². The van der Waals surface area contributed by atoms with Crippen molar-refractivity contribution in [2.75, 3.05) is 6.61 Å². The molecule has 0 fully saturated rings. The fourth-order valence-electron chi connectivity index (χ4n) is 1.16. The number of carbonyl (C=O) groups is 1. The van der Waals surface area contributed by atoms with Gasteiger partial charge in [0.15, 0.2) is 0 Å². The van der Waals surface area contributed by atoms with E-state index in [-0.39, 0.29) is 12.4 Å². The molecule has 3 heteroatoms. The average molecular weight is 250 g/mol. The number of rotatable bonds is 4. The average Bonchev–Trinajstić information content (AvgIpc) is 2.31. The van der Waals surface area contributed by atoms with E-state index in [4.69, 9.17) is 9.47 Å². The van der Waals surface area contributed by atoms with Gasteiger partial charge in [0, 0.05) is 0 Å². The molecule has 0 atom stereocenters. The topological polar surface area (TPSA) is 35.5 Å². The molecule has 1 aromatic carbocycles. The Bertz CT molecular complexity index is 339. The molecule has 0 radical (unpaired) electrons. The van der Waals surface area contributed by atoms with Crippen LogP contribution in [0.15, 0.2) is 43.5 Å². The summed E-state index contributed by atoms with van der Waals surface area (Å²) in [4.78, 5) is 11.3. The van der Waals surface area contributed by atoms with Gasteiger partial charge < -0.3 is 9.47 Å². The number of hydrogen-bond donors (Lipinski definition) is 0. The zero-order valence-electron chi connectivity index (χ0n) is 11.4. The molecule has 3 nitrogen and oxygen atoms in total. The van der Waals surface area contributed by atoms with Crippen molar-refractivity contribution in [1.29, 1.82) is 0 Å². The summed E-state index contributed by atoms with van der Waals surface area (Å²) >= 11 is 0. The van der Waals surface area contributed by atoms with Crippen LogP contribution < -0.4 is 4.74 Å². The lowest BCUT2D eigenvalue weighted by Gasteiger charge is -2.19. The molecule has 100 valence electrons. The molecular weight excluding hydrogens is 228 g/mol. The molecule has 18 heavy (non-hydrogen) atoms. The van der Waals surface area contributed by atoms with Gasteiger partial charge in [-0.1, -0.05) is 18.2 Å². The highest BCUT2D eigenvalue weighted by Crippen LogP contribution is 2.10. The highest BCUT2D eigenvalue weighted by Gasteiger charge is 2.15. The molecule has 0 N–H and O–H groups in total. The van der Waals surface area contributed by atoms with Crippen LogP contribution in [-0.2, 0) is 9.53 Å². The van der Waals surface area contributed by atoms with Crippen molar-refractivity contribution in [2.24, 2.45) is 0 Å². The van der Waals surface area contributed by atoms with Crippen molar-refractivity contribution in [3.63, 3.8) is 0 Å². The summed E-state index contributed by atoms with van der Waals surface area (Å²) in [5.41, 5.74) is -0.427. The Labute approximate surface area is 109 Å². The minimum absolute atomic E-state index is 0.233. The first kappa shape index (κ1) is 16.2. The Hall–Kier alpha value is -1.77. The summed E-state index contributed by atoms with van der Waals surface area (Å²) < 4.78 is 10.5. The predicted octanol–water partition coefficient (Wildman–Crippen LogP) is 3.60. The van der Waals surface area contributed by atoms with Crippen LogP contribution in [0, 0.1) is 0 Å². The van der Waals surface area contributed by atoms with Crippen molar-refractivity contribution in [3.05, 3.63) is 43.5 Å². The second-order valence-electron chi connectivity index (χ2n) is 4.50. The number of para-hydroxylation sites is 1. The van der Waals surface area contributed by atoms with Crippen LogP contribution >= 0.6 is 0 Å². The van der Waals surface area contributed by atoms with Crippen LogP contribution in [0.4, 0.5) is 0 Å². The van der Waals surface area contributed by atoms with Gasteiger partial charge in [-0.25, -0.2) is 0 Å². The lowest BCUT2D eigenvalue weighted by Crippen LogP contribution is -2.24. The zero-order chi connectivity index (χ0) is 14.0. The van der Waals surface area contributed by atoms with E-state index in [0.717, 1.165) is 5.75 Å². The van der Waals surface area contributed by atoms with Gasteiger partial charge >= 0.3 is 5.97 Å². The van der Waals surface area contributed by atoms with Gasteiger partial charge in [-0.05, 0) is 32.9 Å². The van der Waals surface area contributed by atoms with E-state index >= 15 is 0 Å². The van der Waals surface area contributed by atoms with Crippen molar-refractivity contribution >= 4 is 5.97 Å². The molecule has 0 heterocycles. The first-order valence-electron chi connectivity index (χ1n) is 5.87. The van der Waals surface area contributed by atoms with Crippen molar-refractivity contribution in [2.45, 2.75) is 32.8 Å². The molecule has 0 unspecified atom stereocenters. The smallest absolute Gasteiger partial charge is 0.309 e. The molecule has 0 saturated carbocycles. The van der Waals surface area contributed by atoms with E-state index in [9.17, 15) is 4.79 Å². The van der Waals surface area contributed by atoms with Gasteiger partial charge in [-0.15, -0.1) is 13.2 Å². The number of benzene rings is 1.